The Bertz CT molecular complexity index is 1190. The molecule has 0 heterocycles. The number of carbonyl (C=O) groups is 2. The highest BCUT2D eigenvalue weighted by atomic mass is 35.5. The summed E-state index contributed by atoms with van der Waals surface area (Å²) in [6.07, 6.45) is 0.409. The summed E-state index contributed by atoms with van der Waals surface area (Å²) in [5.74, 6) is 1.21. The fourth-order valence-electron chi connectivity index (χ4n) is 3.87. The van der Waals surface area contributed by atoms with Gasteiger partial charge >= 0.3 is 0 Å². The molecule has 0 saturated heterocycles. The minimum atomic E-state index is -0.672. The number of hydrogen-bond acceptors (Lipinski definition) is 4. The van der Waals surface area contributed by atoms with E-state index in [0.29, 0.717) is 28.0 Å². The standard InChI is InChI=1S/C29H32Cl2N2O3S/c1-20(2)32-29(35)27(16-21-8-5-4-6-9-21)33(17-22-10-7-11-24(14-22)36-3)28(34)19-37-18-23-12-13-25(30)26(31)15-23/h4-15,20,27H,16-19H2,1-3H3,(H,32,35). The summed E-state index contributed by atoms with van der Waals surface area (Å²) in [5.41, 5.74) is 2.85. The Morgan fingerprint density at radius 2 is 1.65 bits per heavy atom. The van der Waals surface area contributed by atoms with Crippen molar-refractivity contribution in [3.63, 3.8) is 0 Å². The van der Waals surface area contributed by atoms with Crippen molar-refractivity contribution in [3.8, 4) is 5.75 Å². The molecule has 37 heavy (non-hydrogen) atoms. The number of amides is 2. The zero-order chi connectivity index (χ0) is 26.8. The van der Waals surface area contributed by atoms with Crippen LogP contribution in [-0.4, -0.2) is 41.7 Å². The van der Waals surface area contributed by atoms with Crippen LogP contribution < -0.4 is 10.1 Å². The largest absolute Gasteiger partial charge is 0.497 e. The molecule has 196 valence electrons. The van der Waals surface area contributed by atoms with Gasteiger partial charge in [-0.05, 0) is 54.8 Å². The molecule has 8 heteroatoms. The minimum absolute atomic E-state index is 0.0522. The van der Waals surface area contributed by atoms with E-state index in [4.69, 9.17) is 27.9 Å². The maximum atomic E-state index is 13.7. The van der Waals surface area contributed by atoms with Gasteiger partial charge in [-0.1, -0.05) is 71.7 Å². The SMILES string of the molecule is COc1cccc(CN(C(=O)CSCc2ccc(Cl)c(Cl)c2)C(Cc2ccccc2)C(=O)NC(C)C)c1. The number of methoxy groups -OCH3 is 1. The molecule has 0 bridgehead atoms. The molecular weight excluding hydrogens is 527 g/mol. The van der Waals surface area contributed by atoms with Crippen LogP contribution in [0.2, 0.25) is 10.0 Å². The van der Waals surface area contributed by atoms with E-state index < -0.39 is 6.04 Å². The molecule has 0 fully saturated rings. The monoisotopic (exact) mass is 558 g/mol. The summed E-state index contributed by atoms with van der Waals surface area (Å²) in [4.78, 5) is 28.8. The Balaban J connectivity index is 1.86. The molecule has 1 unspecified atom stereocenters. The molecule has 3 rings (SSSR count). The quantitative estimate of drug-likeness (QED) is 0.279. The average Bonchev–Trinajstić information content (AvgIpc) is 2.88. The van der Waals surface area contributed by atoms with E-state index in [1.54, 1.807) is 18.1 Å². The smallest absolute Gasteiger partial charge is 0.243 e. The predicted molar refractivity (Wildman–Crippen MR) is 153 cm³/mol. The Morgan fingerprint density at radius 1 is 0.919 bits per heavy atom. The Hall–Kier alpha value is -2.67. The van der Waals surface area contributed by atoms with Crippen LogP contribution in [0.4, 0.5) is 0 Å². The third-order valence-electron chi connectivity index (χ3n) is 5.67. The fraction of sp³-hybridized carbons (Fsp3) is 0.310. The molecule has 1 atom stereocenters. The summed E-state index contributed by atoms with van der Waals surface area (Å²) < 4.78 is 5.38. The van der Waals surface area contributed by atoms with E-state index in [2.05, 4.69) is 5.32 Å². The number of hydrogen-bond donors (Lipinski definition) is 1. The lowest BCUT2D eigenvalue weighted by Gasteiger charge is -2.32. The number of halogens is 2. The maximum absolute atomic E-state index is 13.7. The Kier molecular flexibility index (Phi) is 11.2. The average molecular weight is 560 g/mol. The van der Waals surface area contributed by atoms with Crippen molar-refractivity contribution >= 4 is 46.8 Å². The van der Waals surface area contributed by atoms with Crippen molar-refractivity contribution in [2.24, 2.45) is 0 Å². The first-order valence-electron chi connectivity index (χ1n) is 12.0. The number of benzene rings is 3. The normalized spacial score (nSPS) is 11.7. The van der Waals surface area contributed by atoms with Gasteiger partial charge in [0.1, 0.15) is 11.8 Å². The summed E-state index contributed by atoms with van der Waals surface area (Å²) in [6, 6.07) is 22.1. The van der Waals surface area contributed by atoms with Crippen molar-refractivity contribution in [1.82, 2.24) is 10.2 Å². The van der Waals surface area contributed by atoms with Gasteiger partial charge in [-0.15, -0.1) is 11.8 Å². The van der Waals surface area contributed by atoms with Crippen LogP contribution in [0.25, 0.3) is 0 Å². The number of nitrogens with zero attached hydrogens (tertiary/aromatic N) is 1. The van der Waals surface area contributed by atoms with Crippen molar-refractivity contribution in [2.45, 2.75) is 44.6 Å². The van der Waals surface area contributed by atoms with Gasteiger partial charge in [-0.2, -0.15) is 0 Å². The van der Waals surface area contributed by atoms with Gasteiger partial charge in [-0.25, -0.2) is 0 Å². The first kappa shape index (κ1) is 28.9. The van der Waals surface area contributed by atoms with Gasteiger partial charge in [0, 0.05) is 24.8 Å². The lowest BCUT2D eigenvalue weighted by Crippen LogP contribution is -2.52. The summed E-state index contributed by atoms with van der Waals surface area (Å²) in [6.45, 7) is 4.12. The van der Waals surface area contributed by atoms with Crippen LogP contribution in [0.15, 0.2) is 72.8 Å². The van der Waals surface area contributed by atoms with Gasteiger partial charge in [0.15, 0.2) is 0 Å². The summed E-state index contributed by atoms with van der Waals surface area (Å²) >= 11 is 13.6. The van der Waals surface area contributed by atoms with Crippen LogP contribution in [0.1, 0.15) is 30.5 Å². The summed E-state index contributed by atoms with van der Waals surface area (Å²) in [7, 11) is 1.61. The number of thioether (sulfide) groups is 1. The van der Waals surface area contributed by atoms with Gasteiger partial charge in [0.2, 0.25) is 11.8 Å². The molecule has 0 aliphatic heterocycles. The third kappa shape index (κ3) is 8.99. The predicted octanol–water partition coefficient (Wildman–Crippen LogP) is 6.40. The molecule has 0 aliphatic carbocycles. The molecular formula is C29H32Cl2N2O3S. The lowest BCUT2D eigenvalue weighted by molar-refractivity contribution is -0.139. The Morgan fingerprint density at radius 3 is 2.32 bits per heavy atom. The van der Waals surface area contributed by atoms with E-state index in [1.807, 2.05) is 80.6 Å². The first-order chi connectivity index (χ1) is 17.8. The van der Waals surface area contributed by atoms with Gasteiger partial charge in [0.05, 0.1) is 22.9 Å². The zero-order valence-electron chi connectivity index (χ0n) is 21.2. The van der Waals surface area contributed by atoms with Crippen LogP contribution in [0, 0.1) is 0 Å². The van der Waals surface area contributed by atoms with E-state index in [9.17, 15) is 9.59 Å². The van der Waals surface area contributed by atoms with Crippen molar-refractivity contribution in [2.75, 3.05) is 12.9 Å². The van der Waals surface area contributed by atoms with Crippen molar-refractivity contribution in [1.29, 1.82) is 0 Å². The second-order valence-electron chi connectivity index (χ2n) is 8.98. The van der Waals surface area contributed by atoms with Crippen LogP contribution in [0.5, 0.6) is 5.75 Å². The van der Waals surface area contributed by atoms with Crippen LogP contribution in [-0.2, 0) is 28.3 Å². The van der Waals surface area contributed by atoms with E-state index in [-0.39, 0.29) is 30.2 Å². The second kappa shape index (κ2) is 14.3. The zero-order valence-corrected chi connectivity index (χ0v) is 23.6. The number of ether oxygens (including phenoxy) is 1. The van der Waals surface area contributed by atoms with Crippen molar-refractivity contribution < 1.29 is 14.3 Å². The molecule has 0 spiro atoms. The fourth-order valence-corrected chi connectivity index (χ4v) is 5.05. The first-order valence-corrected chi connectivity index (χ1v) is 14.0. The lowest BCUT2D eigenvalue weighted by atomic mass is 10.0. The van der Waals surface area contributed by atoms with Crippen LogP contribution in [0.3, 0.4) is 0 Å². The molecule has 0 aromatic heterocycles. The molecule has 2 amide bonds. The minimum Gasteiger partial charge on any atom is -0.497 e. The highest BCUT2D eigenvalue weighted by Gasteiger charge is 2.30. The van der Waals surface area contributed by atoms with Gasteiger partial charge in [-0.3, -0.25) is 9.59 Å². The van der Waals surface area contributed by atoms with Crippen molar-refractivity contribution in [3.05, 3.63) is 99.5 Å². The maximum Gasteiger partial charge on any atom is 0.243 e. The van der Waals surface area contributed by atoms with Gasteiger partial charge < -0.3 is 15.0 Å². The number of carbonyl (C=O) groups excluding carboxylic acids is 2. The van der Waals surface area contributed by atoms with Gasteiger partial charge in [0.25, 0.3) is 0 Å². The number of nitrogens with one attached hydrogen (secondary N) is 1. The van der Waals surface area contributed by atoms with Crippen LogP contribution >= 0.6 is 35.0 Å². The topological polar surface area (TPSA) is 58.6 Å². The Labute approximate surface area is 233 Å². The molecule has 5 nitrogen and oxygen atoms in total. The molecule has 1 N–H and O–H groups in total. The second-order valence-corrected chi connectivity index (χ2v) is 10.8. The molecule has 0 saturated carbocycles. The van der Waals surface area contributed by atoms with E-state index in [0.717, 1.165) is 16.7 Å². The highest BCUT2D eigenvalue weighted by molar-refractivity contribution is 7.99. The third-order valence-corrected chi connectivity index (χ3v) is 7.39. The van der Waals surface area contributed by atoms with E-state index >= 15 is 0 Å². The molecule has 3 aromatic carbocycles. The molecule has 0 radical (unpaired) electrons. The highest BCUT2D eigenvalue weighted by Crippen LogP contribution is 2.25. The molecule has 3 aromatic rings. The number of rotatable bonds is 12. The summed E-state index contributed by atoms with van der Waals surface area (Å²) in [5, 5.41) is 3.99. The van der Waals surface area contributed by atoms with E-state index in [1.165, 1.54) is 11.8 Å². The molecule has 0 aliphatic rings.